The molecule has 0 fully saturated rings. The molecule has 0 aromatic heterocycles. The summed E-state index contributed by atoms with van der Waals surface area (Å²) in [5.74, 6) is 1.34. The van der Waals surface area contributed by atoms with Crippen LogP contribution in [0.3, 0.4) is 0 Å². The predicted molar refractivity (Wildman–Crippen MR) is 209 cm³/mol. The van der Waals surface area contributed by atoms with Crippen LogP contribution in [0.5, 0.6) is 0 Å². The van der Waals surface area contributed by atoms with E-state index >= 15 is 0 Å². The zero-order valence-electron chi connectivity index (χ0n) is 32.7. The summed E-state index contributed by atoms with van der Waals surface area (Å²) in [6, 6.07) is 0. The second kappa shape index (κ2) is 24.0. The summed E-state index contributed by atoms with van der Waals surface area (Å²) >= 11 is 0. The number of rotatable bonds is 23. The normalized spacial score (nSPS) is 19.0. The Morgan fingerprint density at radius 3 is 1.62 bits per heavy atom. The van der Waals surface area contributed by atoms with E-state index in [-0.39, 0.29) is 11.8 Å². The minimum atomic E-state index is 0.215. The number of ketones is 2. The van der Waals surface area contributed by atoms with E-state index in [4.69, 9.17) is 0 Å². The first kappa shape index (κ1) is 41.9. The summed E-state index contributed by atoms with van der Waals surface area (Å²) in [5.41, 5.74) is 10.5. The summed E-state index contributed by atoms with van der Waals surface area (Å²) in [6.07, 6.45) is 30.3. The Kier molecular flexibility index (Phi) is 20.9. The van der Waals surface area contributed by atoms with Crippen LogP contribution in [0.4, 0.5) is 0 Å². The maximum Gasteiger partial charge on any atom is 0.136 e. The maximum atomic E-state index is 13.0. The summed E-state index contributed by atoms with van der Waals surface area (Å²) < 4.78 is 0. The van der Waals surface area contributed by atoms with Crippen molar-refractivity contribution in [1.29, 1.82) is 0 Å². The highest BCUT2D eigenvalue weighted by Crippen LogP contribution is 2.30. The lowest BCUT2D eigenvalue weighted by molar-refractivity contribution is -0.123. The SMILES string of the molecule is CCN(CCCC(=O)C1CC=C(CC/C=C(\C)CCC=C(C)C)CC1)CCCC(=O)C1CC=C(CC/C(C)=C(\C)CCC=C(C)C)CC1. The van der Waals surface area contributed by atoms with E-state index in [1.165, 1.54) is 27.9 Å². The van der Waals surface area contributed by atoms with Crippen molar-refractivity contribution in [3.8, 4) is 0 Å². The minimum Gasteiger partial charge on any atom is -0.304 e. The molecule has 0 saturated heterocycles. The van der Waals surface area contributed by atoms with Gasteiger partial charge in [-0.2, -0.15) is 0 Å². The first-order valence-corrected chi connectivity index (χ1v) is 19.7. The monoisotopic (exact) mass is 660 g/mol. The molecule has 0 aromatic carbocycles. The molecular formula is C45H73NO2. The van der Waals surface area contributed by atoms with Crippen LogP contribution in [0.15, 0.2) is 69.4 Å². The molecule has 0 heterocycles. The van der Waals surface area contributed by atoms with Gasteiger partial charge in [-0.05, 0) is 171 Å². The zero-order valence-corrected chi connectivity index (χ0v) is 32.7. The van der Waals surface area contributed by atoms with E-state index < -0.39 is 0 Å². The van der Waals surface area contributed by atoms with Crippen LogP contribution < -0.4 is 0 Å². The van der Waals surface area contributed by atoms with E-state index in [2.05, 4.69) is 90.7 Å². The largest absolute Gasteiger partial charge is 0.304 e. The van der Waals surface area contributed by atoms with Crippen molar-refractivity contribution < 1.29 is 9.59 Å². The van der Waals surface area contributed by atoms with Gasteiger partial charge in [0.15, 0.2) is 0 Å². The number of hydrogen-bond acceptors (Lipinski definition) is 3. The highest BCUT2D eigenvalue weighted by molar-refractivity contribution is 5.81. The fourth-order valence-electron chi connectivity index (χ4n) is 7.15. The predicted octanol–water partition coefficient (Wildman–Crippen LogP) is 12.8. The number of Topliss-reactive ketones (excluding diaryl/α,β-unsaturated/α-hetero) is 2. The van der Waals surface area contributed by atoms with E-state index in [9.17, 15) is 9.59 Å². The molecule has 0 aliphatic heterocycles. The van der Waals surface area contributed by atoms with Gasteiger partial charge in [-0.25, -0.2) is 0 Å². The average Bonchev–Trinajstić information content (AvgIpc) is 3.06. The van der Waals surface area contributed by atoms with Crippen molar-refractivity contribution in [2.24, 2.45) is 11.8 Å². The molecule has 3 heteroatoms. The molecule has 2 aliphatic carbocycles. The van der Waals surface area contributed by atoms with Crippen molar-refractivity contribution in [2.75, 3.05) is 19.6 Å². The van der Waals surface area contributed by atoms with Crippen LogP contribution in [0.2, 0.25) is 0 Å². The van der Waals surface area contributed by atoms with E-state index in [0.717, 1.165) is 122 Å². The van der Waals surface area contributed by atoms with Gasteiger partial charge in [-0.1, -0.05) is 76.3 Å². The molecule has 0 radical (unpaired) electrons. The number of nitrogens with zero attached hydrogens (tertiary/aromatic N) is 1. The Bertz CT molecular complexity index is 1180. The molecule has 0 spiro atoms. The van der Waals surface area contributed by atoms with E-state index in [1.54, 1.807) is 11.1 Å². The molecular weight excluding hydrogens is 587 g/mol. The van der Waals surface area contributed by atoms with Gasteiger partial charge in [0.2, 0.25) is 0 Å². The molecule has 0 bridgehead atoms. The molecule has 48 heavy (non-hydrogen) atoms. The number of carbonyl (C=O) groups is 2. The molecule has 0 aromatic rings. The summed E-state index contributed by atoms with van der Waals surface area (Å²) in [7, 11) is 0. The molecule has 270 valence electrons. The first-order chi connectivity index (χ1) is 23.0. The molecule has 3 nitrogen and oxygen atoms in total. The second-order valence-electron chi connectivity index (χ2n) is 15.5. The van der Waals surface area contributed by atoms with Crippen LogP contribution in [-0.4, -0.2) is 36.1 Å². The number of allylic oxidation sites excluding steroid dienone is 12. The van der Waals surface area contributed by atoms with Crippen LogP contribution >= 0.6 is 0 Å². The summed E-state index contributed by atoms with van der Waals surface area (Å²) in [4.78, 5) is 28.4. The van der Waals surface area contributed by atoms with E-state index in [0.29, 0.717) is 24.4 Å². The fourth-order valence-corrected chi connectivity index (χ4v) is 7.15. The number of hydrogen-bond donors (Lipinski definition) is 0. The summed E-state index contributed by atoms with van der Waals surface area (Å²) in [6.45, 7) is 20.6. The number of carbonyl (C=O) groups excluding carboxylic acids is 2. The molecule has 2 aliphatic rings. The van der Waals surface area contributed by atoms with Crippen molar-refractivity contribution in [1.82, 2.24) is 4.90 Å². The molecule has 2 unspecified atom stereocenters. The smallest absolute Gasteiger partial charge is 0.136 e. The molecule has 2 rings (SSSR count). The van der Waals surface area contributed by atoms with Crippen LogP contribution in [-0.2, 0) is 9.59 Å². The van der Waals surface area contributed by atoms with E-state index in [1.807, 2.05) is 0 Å². The van der Waals surface area contributed by atoms with Crippen LogP contribution in [0.25, 0.3) is 0 Å². The lowest BCUT2D eigenvalue weighted by Gasteiger charge is -2.24. The van der Waals surface area contributed by atoms with Crippen molar-refractivity contribution in [2.45, 2.75) is 171 Å². The third-order valence-electron chi connectivity index (χ3n) is 10.8. The Hall–Kier alpha value is -2.26. The third-order valence-corrected chi connectivity index (χ3v) is 10.8. The molecule has 2 atom stereocenters. The standard InChI is InChI=1S/C45H73NO2/c1-9-46(33-13-21-44(47)42-29-25-40(26-30-42)20-12-18-37(6)17-10-15-35(2)3)34-14-22-45(48)43-31-27-41(28-32-43)24-23-39(8)38(7)19-11-16-36(4)5/h15-16,18,25,27,42-43H,9-14,17,19-24,26,28-34H2,1-8H3/b37-18+,39-38+. The lowest BCUT2D eigenvalue weighted by Crippen LogP contribution is -2.28. The van der Waals surface area contributed by atoms with Gasteiger partial charge in [0.25, 0.3) is 0 Å². The van der Waals surface area contributed by atoms with Gasteiger partial charge >= 0.3 is 0 Å². The highest BCUT2D eigenvalue weighted by atomic mass is 16.1. The Balaban J connectivity index is 1.61. The van der Waals surface area contributed by atoms with Gasteiger partial charge in [-0.15, -0.1) is 0 Å². The van der Waals surface area contributed by atoms with Gasteiger partial charge in [0.1, 0.15) is 11.6 Å². The second-order valence-corrected chi connectivity index (χ2v) is 15.5. The Morgan fingerprint density at radius 2 is 1.15 bits per heavy atom. The van der Waals surface area contributed by atoms with Crippen molar-refractivity contribution in [3.63, 3.8) is 0 Å². The van der Waals surface area contributed by atoms with Crippen molar-refractivity contribution in [3.05, 3.63) is 69.4 Å². The molecule has 0 saturated carbocycles. The zero-order chi connectivity index (χ0) is 35.3. The highest BCUT2D eigenvalue weighted by Gasteiger charge is 2.23. The Morgan fingerprint density at radius 1 is 0.646 bits per heavy atom. The fraction of sp³-hybridized carbons (Fsp3) is 0.689. The molecule has 0 amide bonds. The summed E-state index contributed by atoms with van der Waals surface area (Å²) in [5, 5.41) is 0. The first-order valence-electron chi connectivity index (χ1n) is 19.7. The Labute approximate surface area is 297 Å². The topological polar surface area (TPSA) is 37.4 Å². The maximum absolute atomic E-state index is 13.0. The van der Waals surface area contributed by atoms with Crippen LogP contribution in [0, 0.1) is 11.8 Å². The third kappa shape index (κ3) is 17.9. The van der Waals surface area contributed by atoms with Gasteiger partial charge in [-0.3, -0.25) is 9.59 Å². The molecule has 0 N–H and O–H groups in total. The average molecular weight is 660 g/mol. The van der Waals surface area contributed by atoms with Crippen LogP contribution in [0.1, 0.15) is 171 Å². The van der Waals surface area contributed by atoms with Gasteiger partial charge in [0.05, 0.1) is 0 Å². The van der Waals surface area contributed by atoms with Gasteiger partial charge in [0, 0.05) is 24.7 Å². The van der Waals surface area contributed by atoms with Crippen molar-refractivity contribution >= 4 is 11.6 Å². The lowest BCUT2D eigenvalue weighted by atomic mass is 9.83. The van der Waals surface area contributed by atoms with Gasteiger partial charge < -0.3 is 4.90 Å². The quantitative estimate of drug-likeness (QED) is 0.102. The minimum absolute atomic E-state index is 0.215.